The molecular weight excluding hydrogens is 288 g/mol. The Morgan fingerprint density at radius 1 is 1.29 bits per heavy atom. The molecule has 1 aromatic heterocycles. The Morgan fingerprint density at radius 3 is 2.62 bits per heavy atom. The molecule has 0 radical (unpaired) electrons. The molecule has 1 unspecified atom stereocenters. The predicted molar refractivity (Wildman–Crippen MR) is 82.6 cm³/mol. The van der Waals surface area contributed by atoms with Crippen molar-refractivity contribution < 1.29 is 8.42 Å². The quantitative estimate of drug-likeness (QED) is 0.592. The van der Waals surface area contributed by atoms with Gasteiger partial charge in [0, 0.05) is 18.2 Å². The molecule has 114 valence electrons. The zero-order valence-electron chi connectivity index (χ0n) is 11.9. The van der Waals surface area contributed by atoms with Crippen LogP contribution in [0.2, 0.25) is 0 Å². The number of aromatic nitrogens is 2. The van der Waals surface area contributed by atoms with Crippen LogP contribution in [0.15, 0.2) is 42.6 Å². The van der Waals surface area contributed by atoms with E-state index in [4.69, 9.17) is 5.84 Å². The molecule has 2 rings (SSSR count). The Kier molecular flexibility index (Phi) is 5.11. The van der Waals surface area contributed by atoms with Gasteiger partial charge in [0.05, 0.1) is 17.4 Å². The molecule has 0 aliphatic carbocycles. The molecule has 3 N–H and O–H groups in total. The number of para-hydroxylation sites is 1. The molecule has 0 amide bonds. The van der Waals surface area contributed by atoms with Crippen molar-refractivity contribution in [3.8, 4) is 5.69 Å². The van der Waals surface area contributed by atoms with Crippen molar-refractivity contribution in [3.05, 3.63) is 48.3 Å². The summed E-state index contributed by atoms with van der Waals surface area (Å²) < 4.78 is 24.1. The van der Waals surface area contributed by atoms with Gasteiger partial charge in [-0.05, 0) is 31.0 Å². The molecule has 0 aliphatic heterocycles. The minimum Gasteiger partial charge on any atom is -0.271 e. The van der Waals surface area contributed by atoms with E-state index in [1.807, 2.05) is 42.6 Å². The lowest BCUT2D eigenvalue weighted by molar-refractivity contribution is 0.493. The van der Waals surface area contributed by atoms with Gasteiger partial charge in [-0.15, -0.1) is 0 Å². The third kappa shape index (κ3) is 4.66. The Hall–Kier alpha value is -1.70. The Morgan fingerprint density at radius 2 is 2.00 bits per heavy atom. The van der Waals surface area contributed by atoms with Gasteiger partial charge in [0.1, 0.15) is 9.84 Å². The second-order valence-electron chi connectivity index (χ2n) is 5.01. The Balaban J connectivity index is 2.04. The first-order valence-electron chi connectivity index (χ1n) is 6.74. The van der Waals surface area contributed by atoms with Crippen LogP contribution in [0.5, 0.6) is 0 Å². The maximum atomic E-state index is 11.2. The van der Waals surface area contributed by atoms with Crippen LogP contribution in [-0.2, 0) is 9.84 Å². The molecule has 2 aromatic rings. The van der Waals surface area contributed by atoms with Gasteiger partial charge in [0.15, 0.2) is 0 Å². The lowest BCUT2D eigenvalue weighted by atomic mass is 10.1. The van der Waals surface area contributed by atoms with Gasteiger partial charge in [0.2, 0.25) is 0 Å². The Labute approximate surface area is 124 Å². The number of benzene rings is 1. The van der Waals surface area contributed by atoms with Crippen LogP contribution < -0.4 is 11.3 Å². The molecule has 0 aliphatic rings. The first-order valence-corrected chi connectivity index (χ1v) is 8.80. The van der Waals surface area contributed by atoms with Crippen LogP contribution in [0.25, 0.3) is 5.69 Å². The summed E-state index contributed by atoms with van der Waals surface area (Å²) in [5.74, 6) is 5.71. The van der Waals surface area contributed by atoms with E-state index in [-0.39, 0.29) is 11.8 Å². The summed E-state index contributed by atoms with van der Waals surface area (Å²) in [7, 11) is -2.94. The number of nitrogens with two attached hydrogens (primary N) is 1. The fourth-order valence-corrected chi connectivity index (χ4v) is 2.81. The fourth-order valence-electron chi connectivity index (χ4n) is 2.11. The first-order chi connectivity index (χ1) is 9.99. The molecule has 0 saturated carbocycles. The monoisotopic (exact) mass is 308 g/mol. The number of nitrogens with zero attached hydrogens (tertiary/aromatic N) is 2. The van der Waals surface area contributed by atoms with Gasteiger partial charge in [-0.25, -0.2) is 13.1 Å². The van der Waals surface area contributed by atoms with Gasteiger partial charge >= 0.3 is 0 Å². The average molecular weight is 308 g/mol. The van der Waals surface area contributed by atoms with Gasteiger partial charge < -0.3 is 0 Å². The van der Waals surface area contributed by atoms with Gasteiger partial charge in [-0.3, -0.25) is 11.3 Å². The van der Waals surface area contributed by atoms with E-state index in [1.54, 1.807) is 4.68 Å². The standard InChI is InChI=1S/C14H20N4O2S/c1-21(19,20)11-5-8-13(16-15)14-9-10-18(17-14)12-6-3-2-4-7-12/h2-4,6-7,9-10,13,16H,5,8,11,15H2,1H3. The van der Waals surface area contributed by atoms with E-state index < -0.39 is 9.84 Å². The molecular formula is C14H20N4O2S. The van der Waals surface area contributed by atoms with Gasteiger partial charge in [0.25, 0.3) is 0 Å². The van der Waals surface area contributed by atoms with Crippen molar-refractivity contribution in [3.63, 3.8) is 0 Å². The van der Waals surface area contributed by atoms with Crippen molar-refractivity contribution in [1.29, 1.82) is 0 Å². The zero-order chi connectivity index (χ0) is 15.3. The molecule has 0 spiro atoms. The van der Waals surface area contributed by atoms with E-state index in [0.29, 0.717) is 12.8 Å². The van der Waals surface area contributed by atoms with Gasteiger partial charge in [-0.1, -0.05) is 18.2 Å². The summed E-state index contributed by atoms with van der Waals surface area (Å²) in [6.07, 6.45) is 4.27. The number of rotatable bonds is 7. The van der Waals surface area contributed by atoms with Crippen LogP contribution in [-0.4, -0.2) is 30.2 Å². The molecule has 21 heavy (non-hydrogen) atoms. The lowest BCUT2D eigenvalue weighted by Gasteiger charge is -2.12. The number of hydrazine groups is 1. The zero-order valence-corrected chi connectivity index (χ0v) is 12.8. The topological polar surface area (TPSA) is 90.0 Å². The summed E-state index contributed by atoms with van der Waals surface area (Å²) in [5, 5.41) is 4.49. The summed E-state index contributed by atoms with van der Waals surface area (Å²) in [5.41, 5.74) is 4.47. The molecule has 1 heterocycles. The number of nitrogens with one attached hydrogen (secondary N) is 1. The first kappa shape index (κ1) is 15.7. The highest BCUT2D eigenvalue weighted by molar-refractivity contribution is 7.90. The van der Waals surface area contributed by atoms with Crippen molar-refractivity contribution in [2.24, 2.45) is 5.84 Å². The summed E-state index contributed by atoms with van der Waals surface area (Å²) >= 11 is 0. The highest BCUT2D eigenvalue weighted by Gasteiger charge is 2.14. The normalized spacial score (nSPS) is 13.2. The molecule has 0 bridgehead atoms. The summed E-state index contributed by atoms with van der Waals surface area (Å²) in [4.78, 5) is 0. The minimum atomic E-state index is -2.94. The van der Waals surface area contributed by atoms with Gasteiger partial charge in [-0.2, -0.15) is 5.10 Å². The summed E-state index contributed by atoms with van der Waals surface area (Å²) in [6.45, 7) is 0. The van der Waals surface area contributed by atoms with Crippen LogP contribution in [0.4, 0.5) is 0 Å². The SMILES string of the molecule is CS(=O)(=O)CCCC(NN)c1ccn(-c2ccccc2)n1. The molecule has 7 heteroatoms. The largest absolute Gasteiger partial charge is 0.271 e. The highest BCUT2D eigenvalue weighted by Crippen LogP contribution is 2.17. The van der Waals surface area contributed by atoms with E-state index in [9.17, 15) is 8.42 Å². The lowest BCUT2D eigenvalue weighted by Crippen LogP contribution is -2.28. The maximum Gasteiger partial charge on any atom is 0.147 e. The summed E-state index contributed by atoms with van der Waals surface area (Å²) in [6, 6.07) is 11.5. The second-order valence-corrected chi connectivity index (χ2v) is 7.27. The number of sulfone groups is 1. The predicted octanol–water partition coefficient (Wildman–Crippen LogP) is 1.20. The third-order valence-corrected chi connectivity index (χ3v) is 4.23. The van der Waals surface area contributed by atoms with Crippen LogP contribution in [0, 0.1) is 0 Å². The molecule has 1 aromatic carbocycles. The highest BCUT2D eigenvalue weighted by atomic mass is 32.2. The third-order valence-electron chi connectivity index (χ3n) is 3.20. The maximum absolute atomic E-state index is 11.2. The molecule has 0 fully saturated rings. The second kappa shape index (κ2) is 6.84. The van der Waals surface area contributed by atoms with Crippen molar-refractivity contribution in [2.45, 2.75) is 18.9 Å². The molecule has 1 atom stereocenters. The van der Waals surface area contributed by atoms with E-state index in [1.165, 1.54) is 6.26 Å². The van der Waals surface area contributed by atoms with Crippen molar-refractivity contribution >= 4 is 9.84 Å². The Bertz CT molecular complexity index is 667. The minimum absolute atomic E-state index is 0.156. The fraction of sp³-hybridized carbons (Fsp3) is 0.357. The van der Waals surface area contributed by atoms with E-state index in [0.717, 1.165) is 11.4 Å². The van der Waals surface area contributed by atoms with Crippen LogP contribution in [0.3, 0.4) is 0 Å². The van der Waals surface area contributed by atoms with Crippen LogP contribution >= 0.6 is 0 Å². The molecule has 6 nitrogen and oxygen atoms in total. The van der Waals surface area contributed by atoms with E-state index in [2.05, 4.69) is 10.5 Å². The smallest absolute Gasteiger partial charge is 0.147 e. The number of hydrogen-bond acceptors (Lipinski definition) is 5. The molecule has 0 saturated heterocycles. The van der Waals surface area contributed by atoms with Crippen LogP contribution in [0.1, 0.15) is 24.6 Å². The number of hydrogen-bond donors (Lipinski definition) is 2. The average Bonchev–Trinajstić information content (AvgIpc) is 2.93. The van der Waals surface area contributed by atoms with Crippen molar-refractivity contribution in [2.75, 3.05) is 12.0 Å². The van der Waals surface area contributed by atoms with E-state index >= 15 is 0 Å². The van der Waals surface area contributed by atoms with Crippen molar-refractivity contribution in [1.82, 2.24) is 15.2 Å².